The molecule has 6 unspecified atom stereocenters. The van der Waals surface area contributed by atoms with Gasteiger partial charge in [-0.1, -0.05) is 11.9 Å². The molecule has 0 radical (unpaired) electrons. The SMILES string of the molecule is CC1(C)C[C@@H]2CCCN3CCC(N3)SNCC3CCC(n4ccc(OCCC5C6(CC6)C56CC6)n4)NC3N1C2. The molecule has 1 aromatic heterocycles. The van der Waals surface area contributed by atoms with Gasteiger partial charge in [-0.2, -0.15) is 0 Å². The number of hydrazine groups is 1. The van der Waals surface area contributed by atoms with Crippen molar-refractivity contribution in [2.24, 2.45) is 28.6 Å². The van der Waals surface area contributed by atoms with E-state index in [2.05, 4.69) is 56.2 Å². The van der Waals surface area contributed by atoms with Gasteiger partial charge < -0.3 is 4.74 Å². The highest BCUT2D eigenvalue weighted by Gasteiger charge is 2.85. The second-order valence-corrected chi connectivity index (χ2v) is 15.7. The van der Waals surface area contributed by atoms with E-state index in [9.17, 15) is 0 Å². The number of hydrogen-bond donors (Lipinski definition) is 3. The van der Waals surface area contributed by atoms with Crippen LogP contribution < -0.4 is 20.2 Å². The van der Waals surface area contributed by atoms with Crippen molar-refractivity contribution in [3.05, 3.63) is 12.3 Å². The Kier molecular flexibility index (Phi) is 6.36. The first-order valence-electron chi connectivity index (χ1n) is 16.1. The molecule has 4 bridgehead atoms. The van der Waals surface area contributed by atoms with Crippen LogP contribution in [0.15, 0.2) is 12.3 Å². The van der Waals surface area contributed by atoms with Crippen LogP contribution in [0.25, 0.3) is 0 Å². The van der Waals surface area contributed by atoms with Crippen LogP contribution in [0.5, 0.6) is 5.88 Å². The predicted molar refractivity (Wildman–Crippen MR) is 155 cm³/mol. The fourth-order valence-corrected chi connectivity index (χ4v) is 10.6. The first kappa shape index (κ1) is 25.8. The van der Waals surface area contributed by atoms with Crippen LogP contribution in [-0.2, 0) is 0 Å². The molecule has 4 saturated heterocycles. The number of fused-ring (bicyclic) bond motifs is 7. The van der Waals surface area contributed by atoms with Crippen molar-refractivity contribution in [2.45, 2.75) is 108 Å². The molecule has 39 heavy (non-hydrogen) atoms. The zero-order valence-electron chi connectivity index (χ0n) is 24.0. The number of rotatable bonds is 5. The fraction of sp³-hybridized carbons (Fsp3) is 0.900. The number of piperidine rings is 1. The van der Waals surface area contributed by atoms with Crippen molar-refractivity contribution >= 4 is 11.9 Å². The summed E-state index contributed by atoms with van der Waals surface area (Å²) >= 11 is 1.90. The second kappa shape index (κ2) is 9.60. The molecule has 3 saturated carbocycles. The average Bonchev–Trinajstić information content (AvgIpc) is 3.84. The van der Waals surface area contributed by atoms with E-state index in [1.54, 1.807) is 0 Å². The van der Waals surface area contributed by atoms with Crippen molar-refractivity contribution in [3.8, 4) is 5.88 Å². The largest absolute Gasteiger partial charge is 0.477 e. The van der Waals surface area contributed by atoms with Crippen LogP contribution >= 0.6 is 11.9 Å². The Balaban J connectivity index is 0.928. The van der Waals surface area contributed by atoms with Crippen molar-refractivity contribution in [1.29, 1.82) is 0 Å². The molecule has 8 nitrogen and oxygen atoms in total. The molecule has 3 N–H and O–H groups in total. The van der Waals surface area contributed by atoms with Crippen LogP contribution in [0, 0.1) is 28.6 Å². The molecular weight excluding hydrogens is 506 g/mol. The average molecular weight is 556 g/mol. The molecule has 7 aliphatic rings. The summed E-state index contributed by atoms with van der Waals surface area (Å²) in [5.74, 6) is 3.12. The molecule has 8 rings (SSSR count). The highest BCUT2D eigenvalue weighted by Crippen LogP contribution is 2.93. The minimum Gasteiger partial charge on any atom is -0.477 e. The molecule has 7 atom stereocenters. The third-order valence-electron chi connectivity index (χ3n) is 12.0. The number of nitrogens with one attached hydrogen (secondary N) is 3. The van der Waals surface area contributed by atoms with E-state index < -0.39 is 0 Å². The first-order valence-corrected chi connectivity index (χ1v) is 16.9. The van der Waals surface area contributed by atoms with Gasteiger partial charge in [0.25, 0.3) is 0 Å². The third-order valence-corrected chi connectivity index (χ3v) is 12.9. The number of aromatic nitrogens is 2. The predicted octanol–water partition coefficient (Wildman–Crippen LogP) is 4.34. The highest BCUT2D eigenvalue weighted by atomic mass is 32.2. The summed E-state index contributed by atoms with van der Waals surface area (Å²) in [6.45, 7) is 10.4. The number of ether oxygens (including phenoxy) is 1. The lowest BCUT2D eigenvalue weighted by molar-refractivity contribution is 0.00916. The summed E-state index contributed by atoms with van der Waals surface area (Å²) in [6, 6.07) is 2.08. The van der Waals surface area contributed by atoms with E-state index in [1.807, 2.05) is 11.9 Å². The monoisotopic (exact) mass is 555 g/mol. The molecule has 9 heteroatoms. The summed E-state index contributed by atoms with van der Waals surface area (Å²) in [5.41, 5.74) is 5.49. The summed E-state index contributed by atoms with van der Waals surface area (Å²) < 4.78 is 12.1. The lowest BCUT2D eigenvalue weighted by atomic mass is 9.90. The summed E-state index contributed by atoms with van der Waals surface area (Å²) in [6.07, 6.45) is 17.4. The maximum absolute atomic E-state index is 6.21. The van der Waals surface area contributed by atoms with E-state index in [-0.39, 0.29) is 11.7 Å². The summed E-state index contributed by atoms with van der Waals surface area (Å²) in [5, 5.41) is 12.0. The van der Waals surface area contributed by atoms with Crippen molar-refractivity contribution < 1.29 is 4.74 Å². The first-order chi connectivity index (χ1) is 19.0. The number of hydrogen-bond acceptors (Lipinski definition) is 8. The minimum atomic E-state index is 0.215. The van der Waals surface area contributed by atoms with Crippen LogP contribution in [-0.4, -0.2) is 69.6 Å². The maximum atomic E-state index is 6.21. The van der Waals surface area contributed by atoms with Gasteiger partial charge >= 0.3 is 0 Å². The highest BCUT2D eigenvalue weighted by molar-refractivity contribution is 7.98. The van der Waals surface area contributed by atoms with Crippen molar-refractivity contribution in [2.75, 3.05) is 32.8 Å². The van der Waals surface area contributed by atoms with Gasteiger partial charge in [-0.25, -0.2) is 10.4 Å². The van der Waals surface area contributed by atoms with Gasteiger partial charge in [0.2, 0.25) is 5.88 Å². The Morgan fingerprint density at radius 2 is 1.92 bits per heavy atom. The molecule has 216 valence electrons. The Bertz CT molecular complexity index is 1040. The zero-order valence-corrected chi connectivity index (χ0v) is 24.9. The summed E-state index contributed by atoms with van der Waals surface area (Å²) in [7, 11) is 0. The lowest BCUT2D eigenvalue weighted by Gasteiger charge is -2.47. The molecule has 3 aliphatic carbocycles. The lowest BCUT2D eigenvalue weighted by Crippen LogP contribution is -2.60. The van der Waals surface area contributed by atoms with Gasteiger partial charge in [0, 0.05) is 49.9 Å². The molecular formula is C30H49N7OS. The smallest absolute Gasteiger partial charge is 0.232 e. The molecule has 7 fully saturated rings. The van der Waals surface area contributed by atoms with Crippen LogP contribution in [0.3, 0.4) is 0 Å². The van der Waals surface area contributed by atoms with Gasteiger partial charge in [-0.3, -0.25) is 19.6 Å². The molecule has 0 aromatic carbocycles. The Morgan fingerprint density at radius 1 is 1.08 bits per heavy atom. The van der Waals surface area contributed by atoms with Crippen LogP contribution in [0.1, 0.15) is 90.6 Å². The van der Waals surface area contributed by atoms with Gasteiger partial charge in [-0.15, -0.1) is 5.10 Å². The van der Waals surface area contributed by atoms with Gasteiger partial charge in [0.05, 0.1) is 18.1 Å². The molecule has 1 aromatic rings. The maximum Gasteiger partial charge on any atom is 0.232 e. The van der Waals surface area contributed by atoms with Gasteiger partial charge in [0.15, 0.2) is 0 Å². The van der Waals surface area contributed by atoms with E-state index in [1.165, 1.54) is 83.8 Å². The van der Waals surface area contributed by atoms with Gasteiger partial charge in [-0.05, 0) is 107 Å². The fourth-order valence-electron chi connectivity index (χ4n) is 9.71. The van der Waals surface area contributed by atoms with Crippen LogP contribution in [0.2, 0.25) is 0 Å². The number of nitrogens with zero attached hydrogens (tertiary/aromatic N) is 4. The zero-order chi connectivity index (χ0) is 26.2. The molecule has 4 aliphatic heterocycles. The molecule has 2 spiro atoms. The van der Waals surface area contributed by atoms with Crippen LogP contribution in [0.4, 0.5) is 0 Å². The van der Waals surface area contributed by atoms with Gasteiger partial charge in [0.1, 0.15) is 6.17 Å². The van der Waals surface area contributed by atoms with E-state index in [0.717, 1.165) is 48.1 Å². The Hall–Kier alpha value is -0.840. The minimum absolute atomic E-state index is 0.215. The van der Waals surface area contributed by atoms with E-state index >= 15 is 0 Å². The Labute approximate surface area is 238 Å². The topological polar surface area (TPSA) is 69.6 Å². The second-order valence-electron chi connectivity index (χ2n) is 14.6. The molecule has 5 heterocycles. The quantitative estimate of drug-likeness (QED) is 0.464. The normalized spacial score (nSPS) is 41.7. The molecule has 0 amide bonds. The summed E-state index contributed by atoms with van der Waals surface area (Å²) in [4.78, 5) is 2.82. The third kappa shape index (κ3) is 4.58. The Morgan fingerprint density at radius 3 is 2.74 bits per heavy atom. The van der Waals surface area contributed by atoms with E-state index in [0.29, 0.717) is 17.5 Å². The standard InChI is InChI=1S/C30H49N7OS/c1-28(2)18-21-4-3-14-35-15-8-26(34-35)39-31-19-22-5-6-24(32-27(22)36(28)20-21)37-16-7-25(33-37)38-17-9-23-29(10-11-29)30(23)12-13-30/h7,16,21-24,26-27,31-32,34H,3-6,8-15,17-20H2,1-2H3/t21-,22?,24?,26?,27?/m0/s1. The van der Waals surface area contributed by atoms with Crippen molar-refractivity contribution in [1.82, 2.24) is 35.2 Å². The van der Waals surface area contributed by atoms with Crippen molar-refractivity contribution in [3.63, 3.8) is 0 Å². The van der Waals surface area contributed by atoms with E-state index in [4.69, 9.17) is 9.84 Å².